The summed E-state index contributed by atoms with van der Waals surface area (Å²) in [4.78, 5) is 13.4. The van der Waals surface area contributed by atoms with E-state index < -0.39 is 29.2 Å². The number of carbonyl (C=O) groups is 1. The highest BCUT2D eigenvalue weighted by Crippen LogP contribution is 2.41. The number of alkyl halides is 3. The Labute approximate surface area is 209 Å². The van der Waals surface area contributed by atoms with Crippen LogP contribution >= 0.6 is 22.9 Å². The van der Waals surface area contributed by atoms with Gasteiger partial charge in [0.1, 0.15) is 0 Å². The second-order valence-corrected chi connectivity index (χ2v) is 9.75. The Morgan fingerprint density at radius 1 is 1.00 bits per heavy atom. The molecule has 9 heteroatoms. The lowest BCUT2D eigenvalue weighted by molar-refractivity contribution is -0.144. The molecular weight excluding hydrogens is 497 g/mol. The molecule has 4 rings (SSSR count). The second kappa shape index (κ2) is 9.59. The number of nitrogens with zero attached hydrogens (tertiary/aromatic N) is 2. The van der Waals surface area contributed by atoms with E-state index in [0.29, 0.717) is 23.3 Å². The van der Waals surface area contributed by atoms with Crippen LogP contribution in [0.25, 0.3) is 10.4 Å². The topological polar surface area (TPSA) is 62.0 Å². The van der Waals surface area contributed by atoms with E-state index in [1.54, 1.807) is 48.5 Å². The van der Waals surface area contributed by atoms with Crippen LogP contribution in [-0.2, 0) is 10.2 Å². The largest absolute Gasteiger partial charge is 0.481 e. The third-order valence-corrected chi connectivity index (χ3v) is 7.99. The van der Waals surface area contributed by atoms with Crippen molar-refractivity contribution in [3.05, 3.63) is 81.7 Å². The van der Waals surface area contributed by atoms with Gasteiger partial charge < -0.3 is 5.11 Å². The van der Waals surface area contributed by atoms with E-state index in [2.05, 4.69) is 10.2 Å². The van der Waals surface area contributed by atoms with E-state index in [0.717, 1.165) is 10.4 Å². The Balaban J connectivity index is 1.74. The lowest BCUT2D eigenvalue weighted by atomic mass is 9.75. The van der Waals surface area contributed by atoms with Crippen LogP contribution in [0.15, 0.2) is 70.9 Å². The number of rotatable bonds is 7. The van der Waals surface area contributed by atoms with Gasteiger partial charge in [0.25, 0.3) is 0 Å². The van der Waals surface area contributed by atoms with E-state index in [1.165, 1.54) is 11.3 Å². The van der Waals surface area contributed by atoms with Crippen LogP contribution < -0.4 is 0 Å². The molecule has 0 saturated heterocycles. The van der Waals surface area contributed by atoms with Crippen molar-refractivity contribution in [3.8, 4) is 10.4 Å². The van der Waals surface area contributed by atoms with E-state index in [4.69, 9.17) is 11.6 Å². The molecule has 4 nitrogen and oxygen atoms in total. The molecule has 0 spiro atoms. The Bertz CT molecular complexity index is 1330. The van der Waals surface area contributed by atoms with Gasteiger partial charge in [0.15, 0.2) is 5.71 Å². The molecule has 35 heavy (non-hydrogen) atoms. The number of carboxylic acids is 1. The molecule has 1 unspecified atom stereocenters. The number of halogens is 4. The SMILES string of the molecule is CCC(CC)(C(=O)O)c1cccc(-c2ccc(C3=NN=C(C(F)(F)F)C3c3ccccc3Cl)s2)c1. The van der Waals surface area contributed by atoms with Gasteiger partial charge in [-0.3, -0.25) is 4.79 Å². The Morgan fingerprint density at radius 2 is 1.69 bits per heavy atom. The maximum atomic E-state index is 13.8. The Kier molecular flexibility index (Phi) is 6.88. The molecule has 2 heterocycles. The minimum absolute atomic E-state index is 0.180. The van der Waals surface area contributed by atoms with Crippen molar-refractivity contribution >= 4 is 40.3 Å². The third-order valence-electron chi connectivity index (χ3n) is 6.49. The minimum atomic E-state index is -4.66. The van der Waals surface area contributed by atoms with E-state index in [-0.39, 0.29) is 16.3 Å². The van der Waals surface area contributed by atoms with Gasteiger partial charge in [0, 0.05) is 9.90 Å². The molecule has 182 valence electrons. The fourth-order valence-corrected chi connectivity index (χ4v) is 5.72. The number of hydrogen-bond acceptors (Lipinski definition) is 4. The van der Waals surface area contributed by atoms with Gasteiger partial charge >= 0.3 is 12.1 Å². The molecule has 0 bridgehead atoms. The zero-order valence-electron chi connectivity index (χ0n) is 18.9. The van der Waals surface area contributed by atoms with Crippen molar-refractivity contribution in [2.24, 2.45) is 10.2 Å². The summed E-state index contributed by atoms with van der Waals surface area (Å²) in [7, 11) is 0. The highest BCUT2D eigenvalue weighted by molar-refractivity contribution is 7.17. The van der Waals surface area contributed by atoms with Crippen LogP contribution in [0.4, 0.5) is 13.2 Å². The number of aliphatic carboxylic acids is 1. The van der Waals surface area contributed by atoms with Crippen LogP contribution in [0, 0.1) is 0 Å². The van der Waals surface area contributed by atoms with Crippen molar-refractivity contribution in [1.82, 2.24) is 0 Å². The van der Waals surface area contributed by atoms with Crippen LogP contribution in [0.1, 0.15) is 48.6 Å². The smallest absolute Gasteiger partial charge is 0.432 e. The molecule has 0 fully saturated rings. The molecule has 0 radical (unpaired) electrons. The van der Waals surface area contributed by atoms with Crippen molar-refractivity contribution in [1.29, 1.82) is 0 Å². The molecule has 0 amide bonds. The van der Waals surface area contributed by atoms with Crippen molar-refractivity contribution in [2.45, 2.75) is 44.2 Å². The summed E-state index contributed by atoms with van der Waals surface area (Å²) in [5.41, 5.74) is -0.0607. The number of hydrogen-bond donors (Lipinski definition) is 1. The summed E-state index contributed by atoms with van der Waals surface area (Å²) >= 11 is 7.55. The predicted molar refractivity (Wildman–Crippen MR) is 134 cm³/mol. The number of carboxylic acid groups (broad SMARTS) is 1. The van der Waals surface area contributed by atoms with Crippen molar-refractivity contribution in [2.75, 3.05) is 0 Å². The summed E-state index contributed by atoms with van der Waals surface area (Å²) in [6.45, 7) is 3.69. The van der Waals surface area contributed by atoms with Crippen LogP contribution in [-0.4, -0.2) is 28.7 Å². The maximum absolute atomic E-state index is 13.8. The Hall–Kier alpha value is -2.97. The molecule has 1 atom stereocenters. The highest BCUT2D eigenvalue weighted by Gasteiger charge is 2.47. The van der Waals surface area contributed by atoms with Gasteiger partial charge in [0.2, 0.25) is 0 Å². The Morgan fingerprint density at radius 3 is 2.31 bits per heavy atom. The minimum Gasteiger partial charge on any atom is -0.481 e. The summed E-state index contributed by atoms with van der Waals surface area (Å²) in [5.74, 6) is -2.12. The van der Waals surface area contributed by atoms with Crippen LogP contribution in [0.2, 0.25) is 5.02 Å². The average molecular weight is 519 g/mol. The molecule has 1 aliphatic rings. The highest BCUT2D eigenvalue weighted by atomic mass is 35.5. The lowest BCUT2D eigenvalue weighted by Crippen LogP contribution is -2.34. The monoisotopic (exact) mass is 518 g/mol. The van der Waals surface area contributed by atoms with Crippen molar-refractivity contribution in [3.63, 3.8) is 0 Å². The first kappa shape index (κ1) is 25.1. The molecule has 3 aromatic rings. The second-order valence-electron chi connectivity index (χ2n) is 8.26. The summed E-state index contributed by atoms with van der Waals surface area (Å²) < 4.78 is 41.4. The molecule has 1 N–H and O–H groups in total. The van der Waals surface area contributed by atoms with Gasteiger partial charge in [-0.2, -0.15) is 18.3 Å². The molecule has 0 aliphatic carbocycles. The van der Waals surface area contributed by atoms with Gasteiger partial charge in [-0.15, -0.1) is 16.4 Å². The quantitative estimate of drug-likeness (QED) is 0.348. The van der Waals surface area contributed by atoms with Gasteiger partial charge in [-0.05, 0) is 53.8 Å². The van der Waals surface area contributed by atoms with Gasteiger partial charge in [-0.1, -0.05) is 61.8 Å². The van der Waals surface area contributed by atoms with E-state index in [9.17, 15) is 23.1 Å². The average Bonchev–Trinajstić information content (AvgIpc) is 3.48. The summed E-state index contributed by atoms with van der Waals surface area (Å²) in [6.07, 6.45) is -3.79. The van der Waals surface area contributed by atoms with Crippen LogP contribution in [0.3, 0.4) is 0 Å². The molecule has 2 aromatic carbocycles. The fraction of sp³-hybridized carbons (Fsp3) is 0.269. The molecular formula is C26H22ClF3N2O2S. The molecule has 1 aromatic heterocycles. The third kappa shape index (κ3) is 4.52. The fourth-order valence-electron chi connectivity index (χ4n) is 4.45. The molecule has 1 aliphatic heterocycles. The van der Waals surface area contributed by atoms with Crippen molar-refractivity contribution < 1.29 is 23.1 Å². The summed E-state index contributed by atoms with van der Waals surface area (Å²) in [5, 5.41) is 17.5. The number of thiophene rings is 1. The first-order chi connectivity index (χ1) is 16.6. The molecule has 0 saturated carbocycles. The normalized spacial score (nSPS) is 16.2. The van der Waals surface area contributed by atoms with Gasteiger partial charge in [-0.25, -0.2) is 0 Å². The maximum Gasteiger partial charge on any atom is 0.432 e. The van der Waals surface area contributed by atoms with E-state index >= 15 is 0 Å². The zero-order chi connectivity index (χ0) is 25.4. The van der Waals surface area contributed by atoms with Gasteiger partial charge in [0.05, 0.1) is 21.9 Å². The number of benzene rings is 2. The van der Waals surface area contributed by atoms with E-state index in [1.807, 2.05) is 26.0 Å². The summed E-state index contributed by atoms with van der Waals surface area (Å²) in [6, 6.07) is 17.2. The zero-order valence-corrected chi connectivity index (χ0v) is 20.5. The predicted octanol–water partition coefficient (Wildman–Crippen LogP) is 7.72. The van der Waals surface area contributed by atoms with Crippen LogP contribution in [0.5, 0.6) is 0 Å². The standard InChI is InChI=1S/C26H22ClF3N2O2S/c1-3-25(4-2,24(33)34)16-9-7-8-15(14-16)19-12-13-20(35-19)22-21(17-10-5-6-11-18(17)27)23(32-31-22)26(28,29)30/h5-14,21H,3-4H2,1-2H3,(H,33,34). The first-order valence-electron chi connectivity index (χ1n) is 11.0. The lowest BCUT2D eigenvalue weighted by Gasteiger charge is -2.27. The first-order valence-corrected chi connectivity index (χ1v) is 12.2.